The van der Waals surface area contributed by atoms with Gasteiger partial charge >= 0.3 is 6.18 Å². The van der Waals surface area contributed by atoms with Gasteiger partial charge in [-0.1, -0.05) is 6.92 Å². The molecule has 1 rings (SSSR count). The second-order valence-corrected chi connectivity index (χ2v) is 6.99. The van der Waals surface area contributed by atoms with Gasteiger partial charge in [0.15, 0.2) is 0 Å². The Morgan fingerprint density at radius 1 is 1.37 bits per heavy atom. The highest BCUT2D eigenvalue weighted by Gasteiger charge is 2.28. The van der Waals surface area contributed by atoms with Gasteiger partial charge in [0, 0.05) is 19.0 Å². The lowest BCUT2D eigenvalue weighted by Crippen LogP contribution is -2.48. The summed E-state index contributed by atoms with van der Waals surface area (Å²) in [5, 5.41) is 3.21. The first-order valence-electron chi connectivity index (χ1n) is 6.47. The summed E-state index contributed by atoms with van der Waals surface area (Å²) in [6, 6.07) is 0.0612. The van der Waals surface area contributed by atoms with Crippen LogP contribution in [-0.4, -0.2) is 39.5 Å². The first-order chi connectivity index (χ1) is 8.70. The van der Waals surface area contributed by atoms with Gasteiger partial charge in [0.25, 0.3) is 0 Å². The van der Waals surface area contributed by atoms with E-state index in [1.807, 2.05) is 6.92 Å². The molecule has 0 bridgehead atoms. The molecule has 2 unspecified atom stereocenters. The largest absolute Gasteiger partial charge is 0.389 e. The number of nitrogens with one attached hydrogen (secondary N) is 2. The Hall–Kier alpha value is -0.340. The fourth-order valence-corrected chi connectivity index (χ4v) is 3.24. The van der Waals surface area contributed by atoms with Crippen molar-refractivity contribution in [3.05, 3.63) is 0 Å². The zero-order valence-electron chi connectivity index (χ0n) is 11.0. The summed E-state index contributed by atoms with van der Waals surface area (Å²) in [6.45, 7) is 3.13. The van der Waals surface area contributed by atoms with E-state index in [2.05, 4.69) is 10.0 Å². The molecule has 0 aliphatic carbocycles. The first kappa shape index (κ1) is 16.7. The van der Waals surface area contributed by atoms with Crippen LogP contribution in [0.15, 0.2) is 0 Å². The van der Waals surface area contributed by atoms with Crippen LogP contribution in [-0.2, 0) is 10.0 Å². The van der Waals surface area contributed by atoms with Crippen molar-refractivity contribution in [1.29, 1.82) is 0 Å². The summed E-state index contributed by atoms with van der Waals surface area (Å²) < 4.78 is 61.3. The lowest BCUT2D eigenvalue weighted by Gasteiger charge is -2.30. The molecule has 0 aromatic carbocycles. The molecule has 114 valence electrons. The number of rotatable bonds is 6. The van der Waals surface area contributed by atoms with E-state index < -0.39 is 34.8 Å². The Bertz CT molecular complexity index is 371. The van der Waals surface area contributed by atoms with Crippen LogP contribution in [0.3, 0.4) is 0 Å². The van der Waals surface area contributed by atoms with Crippen LogP contribution in [0.1, 0.15) is 32.6 Å². The molecule has 8 heteroatoms. The molecule has 1 aliphatic rings. The van der Waals surface area contributed by atoms with Gasteiger partial charge in [0.05, 0.1) is 5.75 Å². The third kappa shape index (κ3) is 7.12. The predicted molar refractivity (Wildman–Crippen MR) is 67.3 cm³/mol. The van der Waals surface area contributed by atoms with Crippen molar-refractivity contribution in [2.75, 3.05) is 18.8 Å². The zero-order chi connectivity index (χ0) is 14.5. The Labute approximate surface area is 112 Å². The van der Waals surface area contributed by atoms with Gasteiger partial charge in [0.2, 0.25) is 10.0 Å². The highest BCUT2D eigenvalue weighted by atomic mass is 32.2. The molecule has 0 amide bonds. The minimum atomic E-state index is -4.30. The van der Waals surface area contributed by atoms with Gasteiger partial charge < -0.3 is 5.32 Å². The molecule has 2 atom stereocenters. The molecule has 1 aliphatic heterocycles. The highest BCUT2D eigenvalue weighted by molar-refractivity contribution is 7.89. The van der Waals surface area contributed by atoms with Crippen LogP contribution >= 0.6 is 0 Å². The maximum atomic E-state index is 11.9. The van der Waals surface area contributed by atoms with Crippen LogP contribution in [0, 0.1) is 5.92 Å². The molecule has 0 radical (unpaired) electrons. The monoisotopic (exact) mass is 302 g/mol. The summed E-state index contributed by atoms with van der Waals surface area (Å²) in [5.41, 5.74) is 0. The molecule has 0 saturated carbocycles. The van der Waals surface area contributed by atoms with E-state index in [9.17, 15) is 21.6 Å². The van der Waals surface area contributed by atoms with Crippen LogP contribution in [0.4, 0.5) is 13.2 Å². The van der Waals surface area contributed by atoms with Gasteiger partial charge in [-0.3, -0.25) is 0 Å². The van der Waals surface area contributed by atoms with Crippen LogP contribution in [0.2, 0.25) is 0 Å². The van der Waals surface area contributed by atoms with E-state index >= 15 is 0 Å². The van der Waals surface area contributed by atoms with Crippen molar-refractivity contribution in [1.82, 2.24) is 10.0 Å². The summed E-state index contributed by atoms with van der Waals surface area (Å²) in [4.78, 5) is 0. The summed E-state index contributed by atoms with van der Waals surface area (Å²) in [5.74, 6) is -0.111. The average Bonchev–Trinajstić information content (AvgIpc) is 2.26. The molecule has 2 N–H and O–H groups in total. The standard InChI is InChI=1S/C11H21F3N2O2S/c1-9-4-2-6-15-10(9)8-16-19(17,18)7-3-5-11(12,13)14/h9-10,15-16H,2-8H2,1H3. The number of piperidine rings is 1. The maximum Gasteiger partial charge on any atom is 0.389 e. The lowest BCUT2D eigenvalue weighted by molar-refractivity contribution is -0.134. The van der Waals surface area contributed by atoms with E-state index in [0.29, 0.717) is 5.92 Å². The van der Waals surface area contributed by atoms with E-state index in [1.165, 1.54) is 0 Å². The summed E-state index contributed by atoms with van der Waals surface area (Å²) in [6.07, 6.45) is -3.66. The number of sulfonamides is 1. The molecular formula is C11H21F3N2O2S. The molecule has 4 nitrogen and oxygen atoms in total. The molecular weight excluding hydrogens is 281 g/mol. The minimum absolute atomic E-state index is 0.0612. The third-order valence-corrected chi connectivity index (χ3v) is 4.76. The minimum Gasteiger partial charge on any atom is -0.312 e. The van der Waals surface area contributed by atoms with Crippen LogP contribution < -0.4 is 10.0 Å². The number of hydrogen-bond acceptors (Lipinski definition) is 3. The smallest absolute Gasteiger partial charge is 0.312 e. The number of halogens is 3. The Balaban J connectivity index is 2.30. The fraction of sp³-hybridized carbons (Fsp3) is 1.00. The van der Waals surface area contributed by atoms with Gasteiger partial charge in [-0.25, -0.2) is 13.1 Å². The average molecular weight is 302 g/mol. The fourth-order valence-electron chi connectivity index (χ4n) is 2.14. The van der Waals surface area contributed by atoms with Crippen molar-refractivity contribution < 1.29 is 21.6 Å². The van der Waals surface area contributed by atoms with Crippen molar-refractivity contribution in [2.45, 2.75) is 44.8 Å². The van der Waals surface area contributed by atoms with E-state index in [1.54, 1.807) is 0 Å². The summed E-state index contributed by atoms with van der Waals surface area (Å²) in [7, 11) is -3.62. The number of hydrogen-bond donors (Lipinski definition) is 2. The first-order valence-corrected chi connectivity index (χ1v) is 8.12. The van der Waals surface area contributed by atoms with Gasteiger partial charge in [-0.15, -0.1) is 0 Å². The summed E-state index contributed by atoms with van der Waals surface area (Å²) >= 11 is 0. The topological polar surface area (TPSA) is 58.2 Å². The third-order valence-electron chi connectivity index (χ3n) is 3.33. The molecule has 1 saturated heterocycles. The molecule has 0 aromatic rings. The van der Waals surface area contributed by atoms with E-state index in [-0.39, 0.29) is 12.6 Å². The molecule has 1 heterocycles. The normalized spacial score (nSPS) is 25.5. The van der Waals surface area contributed by atoms with Crippen molar-refractivity contribution >= 4 is 10.0 Å². The zero-order valence-corrected chi connectivity index (χ0v) is 11.8. The van der Waals surface area contributed by atoms with Crippen LogP contribution in [0.25, 0.3) is 0 Å². The second-order valence-electron chi connectivity index (χ2n) is 5.07. The van der Waals surface area contributed by atoms with Crippen molar-refractivity contribution in [2.24, 2.45) is 5.92 Å². The van der Waals surface area contributed by atoms with Gasteiger partial charge in [0.1, 0.15) is 0 Å². The van der Waals surface area contributed by atoms with E-state index in [4.69, 9.17) is 0 Å². The SMILES string of the molecule is CC1CCCNC1CNS(=O)(=O)CCCC(F)(F)F. The molecule has 0 spiro atoms. The van der Waals surface area contributed by atoms with Crippen molar-refractivity contribution in [3.63, 3.8) is 0 Å². The van der Waals surface area contributed by atoms with Crippen molar-refractivity contribution in [3.8, 4) is 0 Å². The molecule has 0 aromatic heterocycles. The number of alkyl halides is 3. The second kappa shape index (κ2) is 6.90. The van der Waals surface area contributed by atoms with Gasteiger partial charge in [-0.2, -0.15) is 13.2 Å². The molecule has 19 heavy (non-hydrogen) atoms. The predicted octanol–water partition coefficient (Wildman–Crippen LogP) is 1.64. The Morgan fingerprint density at radius 2 is 2.05 bits per heavy atom. The van der Waals surface area contributed by atoms with E-state index in [0.717, 1.165) is 19.4 Å². The van der Waals surface area contributed by atoms with Crippen LogP contribution in [0.5, 0.6) is 0 Å². The Morgan fingerprint density at radius 3 is 2.63 bits per heavy atom. The molecule has 1 fully saturated rings. The van der Waals surface area contributed by atoms with Gasteiger partial charge in [-0.05, 0) is 31.7 Å². The maximum absolute atomic E-state index is 11.9. The highest BCUT2D eigenvalue weighted by Crippen LogP contribution is 2.21. The lowest BCUT2D eigenvalue weighted by atomic mass is 9.93. The quantitative estimate of drug-likeness (QED) is 0.784. The Kier molecular flexibility index (Phi) is 6.07.